The molecule has 1 N–H and O–H groups in total. The van der Waals surface area contributed by atoms with E-state index in [1.165, 1.54) is 18.4 Å². The van der Waals surface area contributed by atoms with Crippen LogP contribution < -0.4 is 10.1 Å². The standard InChI is InChI=1S/C13H13BrN2O3S/c1-18-11-5-8(3-4-10(11)14)15-13-16-9(7-20-13)6-12(17)19-2/h3-5,7H,6H2,1-2H3,(H,15,16). The number of ether oxygens (including phenoxy) is 2. The van der Waals surface area contributed by atoms with Crippen molar-refractivity contribution in [3.8, 4) is 5.75 Å². The van der Waals surface area contributed by atoms with Crippen LogP contribution in [-0.2, 0) is 16.0 Å². The fourth-order valence-electron chi connectivity index (χ4n) is 1.53. The minimum absolute atomic E-state index is 0.179. The summed E-state index contributed by atoms with van der Waals surface area (Å²) in [7, 11) is 2.98. The Morgan fingerprint density at radius 2 is 2.25 bits per heavy atom. The first-order chi connectivity index (χ1) is 9.62. The third-order valence-electron chi connectivity index (χ3n) is 2.51. The minimum Gasteiger partial charge on any atom is -0.495 e. The molecule has 0 bridgehead atoms. The van der Waals surface area contributed by atoms with Crippen molar-refractivity contribution >= 4 is 44.1 Å². The van der Waals surface area contributed by atoms with Gasteiger partial charge < -0.3 is 14.8 Å². The van der Waals surface area contributed by atoms with Crippen molar-refractivity contribution in [2.75, 3.05) is 19.5 Å². The van der Waals surface area contributed by atoms with E-state index in [2.05, 4.69) is 31.0 Å². The van der Waals surface area contributed by atoms with Crippen LogP contribution in [0.15, 0.2) is 28.1 Å². The van der Waals surface area contributed by atoms with Gasteiger partial charge in [-0.25, -0.2) is 4.98 Å². The highest BCUT2D eigenvalue weighted by Gasteiger charge is 2.08. The monoisotopic (exact) mass is 356 g/mol. The second-order valence-corrected chi connectivity index (χ2v) is 5.58. The summed E-state index contributed by atoms with van der Waals surface area (Å²) in [6, 6.07) is 5.67. The summed E-state index contributed by atoms with van der Waals surface area (Å²) in [5.74, 6) is 0.438. The van der Waals surface area contributed by atoms with Gasteiger partial charge in [0.15, 0.2) is 5.13 Å². The lowest BCUT2D eigenvalue weighted by atomic mass is 10.3. The summed E-state index contributed by atoms with van der Waals surface area (Å²) in [5, 5.41) is 5.72. The molecule has 0 unspecified atom stereocenters. The van der Waals surface area contributed by atoms with Gasteiger partial charge in [0.2, 0.25) is 0 Å². The zero-order valence-corrected chi connectivity index (χ0v) is 13.4. The Kier molecular flexibility index (Phi) is 4.97. The smallest absolute Gasteiger partial charge is 0.311 e. The van der Waals surface area contributed by atoms with Crippen molar-refractivity contribution in [1.82, 2.24) is 4.98 Å². The maximum Gasteiger partial charge on any atom is 0.311 e. The second-order valence-electron chi connectivity index (χ2n) is 3.87. The summed E-state index contributed by atoms with van der Waals surface area (Å²) in [5.41, 5.74) is 1.55. The van der Waals surface area contributed by atoms with Gasteiger partial charge in [0.05, 0.1) is 30.8 Å². The summed E-state index contributed by atoms with van der Waals surface area (Å²) in [6.07, 6.45) is 0.179. The number of halogens is 1. The molecule has 5 nitrogen and oxygen atoms in total. The van der Waals surface area contributed by atoms with Gasteiger partial charge in [0.1, 0.15) is 5.75 Å². The van der Waals surface area contributed by atoms with Gasteiger partial charge >= 0.3 is 5.97 Å². The van der Waals surface area contributed by atoms with Crippen LogP contribution in [0.4, 0.5) is 10.8 Å². The summed E-state index contributed by atoms with van der Waals surface area (Å²) in [6.45, 7) is 0. The number of benzene rings is 1. The molecule has 0 atom stereocenters. The molecule has 0 saturated carbocycles. The molecule has 0 amide bonds. The van der Waals surface area contributed by atoms with E-state index in [0.717, 1.165) is 15.9 Å². The highest BCUT2D eigenvalue weighted by atomic mass is 79.9. The fraction of sp³-hybridized carbons (Fsp3) is 0.231. The van der Waals surface area contributed by atoms with Crippen molar-refractivity contribution in [3.05, 3.63) is 33.7 Å². The summed E-state index contributed by atoms with van der Waals surface area (Å²) in [4.78, 5) is 15.5. The van der Waals surface area contributed by atoms with Crippen molar-refractivity contribution in [2.24, 2.45) is 0 Å². The first-order valence-electron chi connectivity index (χ1n) is 5.74. The van der Waals surface area contributed by atoms with Gasteiger partial charge in [-0.3, -0.25) is 4.79 Å². The molecule has 2 aromatic rings. The Morgan fingerprint density at radius 1 is 1.45 bits per heavy atom. The molecule has 0 aliphatic rings. The molecule has 7 heteroatoms. The molecular formula is C13H13BrN2O3S. The number of methoxy groups -OCH3 is 2. The third-order valence-corrected chi connectivity index (χ3v) is 3.97. The fourth-order valence-corrected chi connectivity index (χ4v) is 2.67. The van der Waals surface area contributed by atoms with Crippen LogP contribution in [-0.4, -0.2) is 25.2 Å². The van der Waals surface area contributed by atoms with E-state index in [1.807, 2.05) is 23.6 Å². The van der Waals surface area contributed by atoms with E-state index >= 15 is 0 Å². The Morgan fingerprint density at radius 3 is 2.95 bits per heavy atom. The van der Waals surface area contributed by atoms with Crippen LogP contribution in [0.25, 0.3) is 0 Å². The maximum atomic E-state index is 11.2. The third kappa shape index (κ3) is 3.71. The average molecular weight is 357 g/mol. The van der Waals surface area contributed by atoms with E-state index in [1.54, 1.807) is 7.11 Å². The number of hydrogen-bond acceptors (Lipinski definition) is 6. The lowest BCUT2D eigenvalue weighted by Crippen LogP contribution is -2.04. The number of nitrogens with zero attached hydrogens (tertiary/aromatic N) is 1. The molecule has 1 heterocycles. The molecule has 0 radical (unpaired) electrons. The van der Waals surface area contributed by atoms with E-state index in [-0.39, 0.29) is 12.4 Å². The molecule has 1 aromatic heterocycles. The molecule has 1 aromatic carbocycles. The Balaban J connectivity index is 2.08. The SMILES string of the molecule is COC(=O)Cc1csc(Nc2ccc(Br)c(OC)c2)n1. The number of carbonyl (C=O) groups is 1. The molecule has 20 heavy (non-hydrogen) atoms. The average Bonchev–Trinajstić information content (AvgIpc) is 2.88. The van der Waals surface area contributed by atoms with Gasteiger partial charge in [-0.2, -0.15) is 0 Å². The lowest BCUT2D eigenvalue weighted by Gasteiger charge is -2.07. The van der Waals surface area contributed by atoms with Gasteiger partial charge in [-0.1, -0.05) is 0 Å². The van der Waals surface area contributed by atoms with Crippen LogP contribution in [0.5, 0.6) is 5.75 Å². The highest BCUT2D eigenvalue weighted by molar-refractivity contribution is 9.10. The normalized spacial score (nSPS) is 10.2. The molecule has 0 aliphatic heterocycles. The number of anilines is 2. The van der Waals surface area contributed by atoms with Crippen LogP contribution in [0.3, 0.4) is 0 Å². The van der Waals surface area contributed by atoms with Gasteiger partial charge in [-0.05, 0) is 28.1 Å². The minimum atomic E-state index is -0.299. The van der Waals surface area contributed by atoms with Crippen LogP contribution in [0.1, 0.15) is 5.69 Å². The summed E-state index contributed by atoms with van der Waals surface area (Å²) < 4.78 is 10.7. The Labute approximate surface area is 129 Å². The van der Waals surface area contributed by atoms with Crippen LogP contribution in [0.2, 0.25) is 0 Å². The molecule has 0 aliphatic carbocycles. The Hall–Kier alpha value is -1.60. The van der Waals surface area contributed by atoms with Crippen LogP contribution in [0, 0.1) is 0 Å². The van der Waals surface area contributed by atoms with E-state index in [9.17, 15) is 4.79 Å². The molecule has 0 fully saturated rings. The number of nitrogens with one attached hydrogen (secondary N) is 1. The molecule has 106 valence electrons. The molecular weight excluding hydrogens is 344 g/mol. The van der Waals surface area contributed by atoms with Crippen molar-refractivity contribution in [1.29, 1.82) is 0 Å². The number of rotatable bonds is 5. The van der Waals surface area contributed by atoms with E-state index < -0.39 is 0 Å². The maximum absolute atomic E-state index is 11.2. The number of carbonyl (C=O) groups excluding carboxylic acids is 1. The van der Waals surface area contributed by atoms with Gasteiger partial charge in [0, 0.05) is 17.1 Å². The van der Waals surface area contributed by atoms with Crippen LogP contribution >= 0.6 is 27.3 Å². The number of esters is 1. The largest absolute Gasteiger partial charge is 0.495 e. The predicted molar refractivity (Wildman–Crippen MR) is 81.8 cm³/mol. The zero-order chi connectivity index (χ0) is 14.5. The van der Waals surface area contributed by atoms with Crippen molar-refractivity contribution in [3.63, 3.8) is 0 Å². The molecule has 0 spiro atoms. The summed E-state index contributed by atoms with van der Waals surface area (Å²) >= 11 is 4.83. The van der Waals surface area contributed by atoms with E-state index in [0.29, 0.717) is 10.8 Å². The first kappa shape index (κ1) is 14.8. The Bertz CT molecular complexity index is 615. The quantitative estimate of drug-likeness (QED) is 0.832. The second kappa shape index (κ2) is 6.71. The molecule has 0 saturated heterocycles. The first-order valence-corrected chi connectivity index (χ1v) is 7.41. The zero-order valence-electron chi connectivity index (χ0n) is 11.0. The van der Waals surface area contributed by atoms with Crippen molar-refractivity contribution < 1.29 is 14.3 Å². The van der Waals surface area contributed by atoms with E-state index in [4.69, 9.17) is 4.74 Å². The number of aromatic nitrogens is 1. The highest BCUT2D eigenvalue weighted by Crippen LogP contribution is 2.30. The topological polar surface area (TPSA) is 60.5 Å². The molecule has 2 rings (SSSR count). The van der Waals surface area contributed by atoms with Crippen molar-refractivity contribution in [2.45, 2.75) is 6.42 Å². The van der Waals surface area contributed by atoms with Gasteiger partial charge in [-0.15, -0.1) is 11.3 Å². The number of hydrogen-bond donors (Lipinski definition) is 1. The predicted octanol–water partition coefficient (Wildman–Crippen LogP) is 3.37. The van der Waals surface area contributed by atoms with Gasteiger partial charge in [0.25, 0.3) is 0 Å². The lowest BCUT2D eigenvalue weighted by molar-refractivity contribution is -0.139. The number of thiazole rings is 1.